The van der Waals surface area contributed by atoms with E-state index in [2.05, 4.69) is 0 Å². The Bertz CT molecular complexity index is 691. The summed E-state index contributed by atoms with van der Waals surface area (Å²) in [5.74, 6) is 1.70. The van der Waals surface area contributed by atoms with Crippen LogP contribution in [0.25, 0.3) is 6.08 Å². The van der Waals surface area contributed by atoms with E-state index in [1.165, 1.54) is 6.42 Å². The maximum atomic E-state index is 12.8. The molecule has 0 unspecified atom stereocenters. The van der Waals surface area contributed by atoms with Crippen LogP contribution in [-0.4, -0.2) is 51.9 Å². The van der Waals surface area contributed by atoms with Crippen molar-refractivity contribution in [3.8, 4) is 0 Å². The van der Waals surface area contributed by atoms with Crippen molar-refractivity contribution in [1.82, 2.24) is 9.80 Å². The molecule has 0 N–H and O–H groups in total. The van der Waals surface area contributed by atoms with Crippen LogP contribution >= 0.6 is 11.8 Å². The molecule has 0 bridgehead atoms. The summed E-state index contributed by atoms with van der Waals surface area (Å²) in [6.45, 7) is 2.38. The van der Waals surface area contributed by atoms with E-state index in [9.17, 15) is 9.59 Å². The molecule has 1 spiro atoms. The first-order chi connectivity index (χ1) is 12.7. The predicted octanol–water partition coefficient (Wildman–Crippen LogP) is 3.39. The van der Waals surface area contributed by atoms with Crippen molar-refractivity contribution >= 4 is 29.7 Å². The molecule has 1 aliphatic carbocycles. The number of carbonyl (C=O) groups is 2. The van der Waals surface area contributed by atoms with Crippen LogP contribution in [0.4, 0.5) is 0 Å². The second-order valence-corrected chi connectivity index (χ2v) is 8.94. The highest BCUT2D eigenvalue weighted by molar-refractivity contribution is 8.00. The second kappa shape index (κ2) is 7.47. The molecule has 0 radical (unpaired) electrons. The Hall–Kier alpha value is -1.75. The van der Waals surface area contributed by atoms with Crippen LogP contribution in [0.5, 0.6) is 0 Å². The maximum Gasteiger partial charge on any atom is 0.247 e. The third-order valence-corrected chi connectivity index (χ3v) is 7.52. The normalized spacial score (nSPS) is 22.8. The number of rotatable bonds is 3. The fraction of sp³-hybridized carbons (Fsp3) is 0.524. The van der Waals surface area contributed by atoms with E-state index in [0.29, 0.717) is 5.91 Å². The highest BCUT2D eigenvalue weighted by Crippen LogP contribution is 2.44. The summed E-state index contributed by atoms with van der Waals surface area (Å²) >= 11 is 1.90. The summed E-state index contributed by atoms with van der Waals surface area (Å²) in [5, 5.41) is 0. The molecule has 138 valence electrons. The van der Waals surface area contributed by atoms with E-state index in [4.69, 9.17) is 0 Å². The Labute approximate surface area is 159 Å². The van der Waals surface area contributed by atoms with E-state index in [-0.39, 0.29) is 16.7 Å². The van der Waals surface area contributed by atoms with E-state index < -0.39 is 0 Å². The van der Waals surface area contributed by atoms with Gasteiger partial charge in [0.15, 0.2) is 0 Å². The van der Waals surface area contributed by atoms with Crippen LogP contribution in [0.1, 0.15) is 37.7 Å². The molecule has 3 fully saturated rings. The molecule has 1 aromatic carbocycles. The number of piperidine rings is 1. The van der Waals surface area contributed by atoms with E-state index in [0.717, 1.165) is 56.6 Å². The molecule has 1 aromatic rings. The fourth-order valence-electron chi connectivity index (χ4n) is 4.15. The van der Waals surface area contributed by atoms with Crippen molar-refractivity contribution in [2.45, 2.75) is 37.0 Å². The first-order valence-electron chi connectivity index (χ1n) is 9.65. The van der Waals surface area contributed by atoms with Gasteiger partial charge in [0.25, 0.3) is 0 Å². The predicted molar refractivity (Wildman–Crippen MR) is 106 cm³/mol. The van der Waals surface area contributed by atoms with Crippen molar-refractivity contribution in [1.29, 1.82) is 0 Å². The molecule has 2 heterocycles. The van der Waals surface area contributed by atoms with Gasteiger partial charge in [-0.25, -0.2) is 0 Å². The zero-order chi connectivity index (χ0) is 18.0. The minimum absolute atomic E-state index is 0.0950. The van der Waals surface area contributed by atoms with Crippen molar-refractivity contribution in [2.24, 2.45) is 5.92 Å². The van der Waals surface area contributed by atoms with Crippen LogP contribution in [0.2, 0.25) is 0 Å². The first-order valence-corrected chi connectivity index (χ1v) is 10.6. The van der Waals surface area contributed by atoms with Gasteiger partial charge in [-0.15, -0.1) is 11.8 Å². The molecule has 1 saturated carbocycles. The molecular weight excluding hydrogens is 344 g/mol. The van der Waals surface area contributed by atoms with Crippen molar-refractivity contribution in [3.05, 3.63) is 42.0 Å². The van der Waals surface area contributed by atoms with E-state index >= 15 is 0 Å². The Kier molecular flexibility index (Phi) is 5.07. The Morgan fingerprint density at radius 2 is 1.81 bits per heavy atom. The highest BCUT2D eigenvalue weighted by Gasteiger charge is 2.47. The van der Waals surface area contributed by atoms with Crippen LogP contribution in [0, 0.1) is 5.92 Å². The molecule has 0 aromatic heterocycles. The maximum absolute atomic E-state index is 12.8. The Morgan fingerprint density at radius 1 is 1.08 bits per heavy atom. The van der Waals surface area contributed by atoms with Crippen LogP contribution in [0.15, 0.2) is 36.4 Å². The van der Waals surface area contributed by atoms with Crippen LogP contribution in [-0.2, 0) is 9.59 Å². The van der Waals surface area contributed by atoms with Gasteiger partial charge in [0.2, 0.25) is 11.8 Å². The molecule has 26 heavy (non-hydrogen) atoms. The van der Waals surface area contributed by atoms with Crippen molar-refractivity contribution < 1.29 is 9.59 Å². The number of hydrogen-bond acceptors (Lipinski definition) is 3. The molecule has 2 amide bonds. The number of amides is 2. The SMILES string of the molecule is O=C(C1CCC1)N1CCC2(CC1)SCCN2C(=O)C=Cc1ccccc1. The van der Waals surface area contributed by atoms with E-state index in [1.807, 2.05) is 58.0 Å². The fourth-order valence-corrected chi connectivity index (χ4v) is 5.61. The lowest BCUT2D eigenvalue weighted by Gasteiger charge is -2.45. The third kappa shape index (κ3) is 3.41. The second-order valence-electron chi connectivity index (χ2n) is 7.48. The minimum Gasteiger partial charge on any atom is -0.342 e. The topological polar surface area (TPSA) is 40.6 Å². The molecule has 3 aliphatic rings. The Morgan fingerprint density at radius 3 is 2.46 bits per heavy atom. The van der Waals surface area contributed by atoms with Crippen LogP contribution < -0.4 is 0 Å². The van der Waals surface area contributed by atoms with Gasteiger partial charge in [-0.05, 0) is 37.3 Å². The summed E-state index contributed by atoms with van der Waals surface area (Å²) < 4.78 is 0. The summed E-state index contributed by atoms with van der Waals surface area (Å²) in [7, 11) is 0. The first kappa shape index (κ1) is 17.7. The van der Waals surface area contributed by atoms with E-state index in [1.54, 1.807) is 6.08 Å². The van der Waals surface area contributed by atoms with Crippen LogP contribution in [0.3, 0.4) is 0 Å². The quantitative estimate of drug-likeness (QED) is 0.766. The molecule has 4 nitrogen and oxygen atoms in total. The molecule has 0 atom stereocenters. The number of likely N-dealkylation sites (tertiary alicyclic amines) is 1. The molecule has 2 saturated heterocycles. The summed E-state index contributed by atoms with van der Waals surface area (Å²) in [6, 6.07) is 9.94. The zero-order valence-corrected chi connectivity index (χ0v) is 15.9. The van der Waals surface area contributed by atoms with Gasteiger partial charge in [0.05, 0.1) is 4.87 Å². The molecular formula is C21H26N2O2S. The van der Waals surface area contributed by atoms with Gasteiger partial charge in [-0.3, -0.25) is 9.59 Å². The minimum atomic E-state index is -0.117. The number of carbonyl (C=O) groups excluding carboxylic acids is 2. The largest absolute Gasteiger partial charge is 0.342 e. The van der Waals surface area contributed by atoms with Crippen molar-refractivity contribution in [3.63, 3.8) is 0 Å². The number of nitrogens with zero attached hydrogens (tertiary/aromatic N) is 2. The van der Waals surface area contributed by atoms with Gasteiger partial charge in [-0.2, -0.15) is 0 Å². The van der Waals surface area contributed by atoms with Gasteiger partial charge < -0.3 is 9.80 Å². The molecule has 5 heteroatoms. The standard InChI is InChI=1S/C21H26N2O2S/c24-19(10-9-17-5-2-1-3-6-17)23-15-16-26-21(23)11-13-22(14-12-21)20(25)18-7-4-8-18/h1-3,5-6,9-10,18H,4,7-8,11-16H2. The smallest absolute Gasteiger partial charge is 0.247 e. The van der Waals surface area contributed by atoms with Gasteiger partial charge in [0, 0.05) is 37.4 Å². The monoisotopic (exact) mass is 370 g/mol. The zero-order valence-electron chi connectivity index (χ0n) is 15.1. The number of hydrogen-bond donors (Lipinski definition) is 0. The lowest BCUT2D eigenvalue weighted by molar-refractivity contribution is -0.140. The number of thioether (sulfide) groups is 1. The highest BCUT2D eigenvalue weighted by atomic mass is 32.2. The lowest BCUT2D eigenvalue weighted by Crippen LogP contribution is -2.54. The average molecular weight is 371 g/mol. The lowest BCUT2D eigenvalue weighted by atomic mass is 9.84. The third-order valence-electron chi connectivity index (χ3n) is 5.97. The Balaban J connectivity index is 1.39. The average Bonchev–Trinajstić information content (AvgIpc) is 3.03. The van der Waals surface area contributed by atoms with Gasteiger partial charge in [0.1, 0.15) is 0 Å². The summed E-state index contributed by atoms with van der Waals surface area (Å²) in [4.78, 5) is 29.3. The summed E-state index contributed by atoms with van der Waals surface area (Å²) in [5.41, 5.74) is 1.04. The number of benzene rings is 1. The summed E-state index contributed by atoms with van der Waals surface area (Å²) in [6.07, 6.45) is 8.69. The molecule has 2 aliphatic heterocycles. The van der Waals surface area contributed by atoms with Gasteiger partial charge in [-0.1, -0.05) is 36.8 Å². The molecule has 4 rings (SSSR count). The van der Waals surface area contributed by atoms with Gasteiger partial charge >= 0.3 is 0 Å². The van der Waals surface area contributed by atoms with Crippen molar-refractivity contribution in [2.75, 3.05) is 25.4 Å².